The van der Waals surface area contributed by atoms with Gasteiger partial charge in [0.25, 0.3) is 0 Å². The van der Waals surface area contributed by atoms with Crippen LogP contribution in [0.2, 0.25) is 0 Å². The minimum absolute atomic E-state index is 0.119. The van der Waals surface area contributed by atoms with Crippen LogP contribution in [0.5, 0.6) is 0 Å². The minimum atomic E-state index is -2.95. The predicted molar refractivity (Wildman–Crippen MR) is 68.1 cm³/mol. The van der Waals surface area contributed by atoms with Crippen LogP contribution in [0.1, 0.15) is 11.1 Å². The van der Waals surface area contributed by atoms with Gasteiger partial charge in [0.2, 0.25) is 5.95 Å². The maximum absolute atomic E-state index is 11.5. The Labute approximate surface area is 105 Å². The van der Waals surface area contributed by atoms with E-state index in [1.54, 1.807) is 18.5 Å². The van der Waals surface area contributed by atoms with Crippen molar-refractivity contribution in [3.8, 4) is 0 Å². The second kappa shape index (κ2) is 4.06. The zero-order chi connectivity index (χ0) is 12.6. The standard InChI is InChI=1S/C12H11N3O2S/c16-18(17)7-9-2-3-11(6-10(9)8-18)15-12-13-4-1-5-14-12/h1-6H,7-8H2,(H,13,14,15). The molecule has 1 aromatic heterocycles. The fourth-order valence-corrected chi connectivity index (χ4v) is 3.60. The lowest BCUT2D eigenvalue weighted by atomic mass is 10.1. The quantitative estimate of drug-likeness (QED) is 0.890. The van der Waals surface area contributed by atoms with Crippen molar-refractivity contribution in [3.05, 3.63) is 47.8 Å². The van der Waals surface area contributed by atoms with Crippen LogP contribution in [0.3, 0.4) is 0 Å². The summed E-state index contributed by atoms with van der Waals surface area (Å²) in [5.74, 6) is 0.760. The molecule has 18 heavy (non-hydrogen) atoms. The first kappa shape index (κ1) is 11.2. The number of nitrogens with zero attached hydrogens (tertiary/aromatic N) is 2. The van der Waals surface area contributed by atoms with Gasteiger partial charge in [-0.1, -0.05) is 6.07 Å². The highest BCUT2D eigenvalue weighted by Crippen LogP contribution is 2.28. The normalized spacial score (nSPS) is 16.2. The fraction of sp³-hybridized carbons (Fsp3) is 0.167. The van der Waals surface area contributed by atoms with Crippen molar-refractivity contribution in [1.29, 1.82) is 0 Å². The van der Waals surface area contributed by atoms with Crippen molar-refractivity contribution in [2.24, 2.45) is 0 Å². The lowest BCUT2D eigenvalue weighted by molar-refractivity contribution is 0.598. The Morgan fingerprint density at radius 3 is 2.56 bits per heavy atom. The third-order valence-electron chi connectivity index (χ3n) is 2.78. The number of sulfone groups is 1. The van der Waals surface area contributed by atoms with Gasteiger partial charge in [-0.2, -0.15) is 0 Å². The maximum Gasteiger partial charge on any atom is 0.227 e. The van der Waals surface area contributed by atoms with Gasteiger partial charge in [-0.05, 0) is 29.3 Å². The molecule has 0 radical (unpaired) electrons. The topological polar surface area (TPSA) is 72.0 Å². The molecule has 0 aliphatic carbocycles. The summed E-state index contributed by atoms with van der Waals surface area (Å²) in [5, 5.41) is 3.04. The summed E-state index contributed by atoms with van der Waals surface area (Å²) in [6.45, 7) is 0. The van der Waals surface area contributed by atoms with Gasteiger partial charge in [-0.25, -0.2) is 18.4 Å². The van der Waals surface area contributed by atoms with E-state index >= 15 is 0 Å². The van der Waals surface area contributed by atoms with E-state index < -0.39 is 9.84 Å². The molecule has 92 valence electrons. The Morgan fingerprint density at radius 2 is 1.78 bits per heavy atom. The van der Waals surface area contributed by atoms with Gasteiger partial charge in [0.15, 0.2) is 9.84 Å². The van der Waals surface area contributed by atoms with Crippen molar-refractivity contribution in [2.45, 2.75) is 11.5 Å². The summed E-state index contributed by atoms with van der Waals surface area (Å²) in [6, 6.07) is 7.26. The summed E-state index contributed by atoms with van der Waals surface area (Å²) in [6.07, 6.45) is 3.29. The van der Waals surface area contributed by atoms with Crippen molar-refractivity contribution < 1.29 is 8.42 Å². The van der Waals surface area contributed by atoms with Crippen molar-refractivity contribution in [3.63, 3.8) is 0 Å². The molecule has 3 rings (SSSR count). The van der Waals surface area contributed by atoms with E-state index in [-0.39, 0.29) is 11.5 Å². The van der Waals surface area contributed by atoms with Crippen LogP contribution in [0.4, 0.5) is 11.6 Å². The number of benzene rings is 1. The van der Waals surface area contributed by atoms with E-state index in [9.17, 15) is 8.42 Å². The molecule has 6 heteroatoms. The molecule has 0 saturated heterocycles. The molecule has 0 unspecified atom stereocenters. The highest BCUT2D eigenvalue weighted by Gasteiger charge is 2.24. The Balaban J connectivity index is 1.89. The molecule has 5 nitrogen and oxygen atoms in total. The number of aromatic nitrogens is 2. The van der Waals surface area contributed by atoms with Gasteiger partial charge in [0.1, 0.15) is 0 Å². The number of nitrogens with one attached hydrogen (secondary N) is 1. The third-order valence-corrected chi connectivity index (χ3v) is 4.28. The Hall–Kier alpha value is -1.95. The van der Waals surface area contributed by atoms with Gasteiger partial charge in [-0.3, -0.25) is 0 Å². The van der Waals surface area contributed by atoms with Gasteiger partial charge in [0, 0.05) is 18.1 Å². The number of hydrogen-bond donors (Lipinski definition) is 1. The fourth-order valence-electron chi connectivity index (χ4n) is 2.00. The monoisotopic (exact) mass is 261 g/mol. The molecule has 2 aromatic rings. The molecule has 1 aliphatic heterocycles. The molecule has 0 fully saturated rings. The summed E-state index contributed by atoms with van der Waals surface area (Å²) in [4.78, 5) is 8.11. The average molecular weight is 261 g/mol. The van der Waals surface area contributed by atoms with Gasteiger partial charge in [0.05, 0.1) is 11.5 Å². The Bertz CT molecular complexity index is 684. The van der Waals surface area contributed by atoms with E-state index in [1.807, 2.05) is 18.2 Å². The zero-order valence-electron chi connectivity index (χ0n) is 9.50. The summed E-state index contributed by atoms with van der Waals surface area (Å²) < 4.78 is 23.0. The highest BCUT2D eigenvalue weighted by molar-refractivity contribution is 7.90. The molecule has 2 heterocycles. The molecule has 0 saturated carbocycles. The molecule has 0 atom stereocenters. The van der Waals surface area contributed by atoms with Crippen LogP contribution in [-0.4, -0.2) is 18.4 Å². The lowest BCUT2D eigenvalue weighted by Gasteiger charge is -2.05. The summed E-state index contributed by atoms with van der Waals surface area (Å²) >= 11 is 0. The molecular formula is C12H11N3O2S. The molecule has 1 aliphatic rings. The minimum Gasteiger partial charge on any atom is -0.324 e. The van der Waals surface area contributed by atoms with Crippen molar-refractivity contribution in [2.75, 3.05) is 5.32 Å². The van der Waals surface area contributed by atoms with Crippen LogP contribution < -0.4 is 5.32 Å². The first-order valence-corrected chi connectivity index (χ1v) is 7.31. The van der Waals surface area contributed by atoms with Gasteiger partial charge in [-0.15, -0.1) is 0 Å². The predicted octanol–water partition coefficient (Wildman–Crippen LogP) is 1.65. The van der Waals surface area contributed by atoms with Crippen LogP contribution in [-0.2, 0) is 21.3 Å². The Morgan fingerprint density at radius 1 is 1.06 bits per heavy atom. The third kappa shape index (κ3) is 2.19. The zero-order valence-corrected chi connectivity index (χ0v) is 10.3. The number of fused-ring (bicyclic) bond motifs is 1. The first-order valence-electron chi connectivity index (χ1n) is 5.49. The average Bonchev–Trinajstić information content (AvgIpc) is 2.63. The van der Waals surface area contributed by atoms with E-state index in [0.29, 0.717) is 5.95 Å². The molecular weight excluding hydrogens is 250 g/mol. The smallest absolute Gasteiger partial charge is 0.227 e. The first-order chi connectivity index (χ1) is 8.62. The van der Waals surface area contributed by atoms with Crippen molar-refractivity contribution in [1.82, 2.24) is 9.97 Å². The summed E-state index contributed by atoms with van der Waals surface area (Å²) in [7, 11) is -2.95. The van der Waals surface area contributed by atoms with Gasteiger partial charge >= 0.3 is 0 Å². The molecule has 0 amide bonds. The van der Waals surface area contributed by atoms with E-state index in [1.165, 1.54) is 0 Å². The SMILES string of the molecule is O=S1(=O)Cc2ccc(Nc3ncccn3)cc2C1. The molecule has 1 aromatic carbocycles. The summed E-state index contributed by atoms with van der Waals surface area (Å²) in [5.41, 5.74) is 2.54. The largest absolute Gasteiger partial charge is 0.324 e. The van der Waals surface area contributed by atoms with Crippen LogP contribution >= 0.6 is 0 Å². The van der Waals surface area contributed by atoms with Crippen LogP contribution in [0.15, 0.2) is 36.7 Å². The molecule has 0 spiro atoms. The molecule has 0 bridgehead atoms. The van der Waals surface area contributed by atoms with E-state index in [4.69, 9.17) is 0 Å². The second-order valence-electron chi connectivity index (χ2n) is 4.21. The van der Waals surface area contributed by atoms with Crippen LogP contribution in [0.25, 0.3) is 0 Å². The second-order valence-corrected chi connectivity index (χ2v) is 6.28. The maximum atomic E-state index is 11.5. The highest BCUT2D eigenvalue weighted by atomic mass is 32.2. The van der Waals surface area contributed by atoms with E-state index in [0.717, 1.165) is 16.8 Å². The number of anilines is 2. The number of rotatable bonds is 2. The van der Waals surface area contributed by atoms with Crippen LogP contribution in [0, 0.1) is 0 Å². The van der Waals surface area contributed by atoms with E-state index in [2.05, 4.69) is 15.3 Å². The Kier molecular flexibility index (Phi) is 2.52. The number of hydrogen-bond acceptors (Lipinski definition) is 5. The lowest BCUT2D eigenvalue weighted by Crippen LogP contribution is -1.96. The van der Waals surface area contributed by atoms with Gasteiger partial charge < -0.3 is 5.32 Å². The van der Waals surface area contributed by atoms with Crippen molar-refractivity contribution >= 4 is 21.5 Å². The molecule has 1 N–H and O–H groups in total.